The van der Waals surface area contributed by atoms with Crippen molar-refractivity contribution in [2.45, 2.75) is 31.8 Å². The second kappa shape index (κ2) is 4.95. The molecule has 2 aromatic heterocycles. The topological polar surface area (TPSA) is 89.9 Å². The number of carbonyl (C=O) groups is 1. The van der Waals surface area contributed by atoms with Gasteiger partial charge in [-0.3, -0.25) is 4.79 Å². The van der Waals surface area contributed by atoms with Crippen molar-refractivity contribution in [3.05, 3.63) is 23.2 Å². The Morgan fingerprint density at radius 2 is 2.30 bits per heavy atom. The zero-order chi connectivity index (χ0) is 14.3. The highest BCUT2D eigenvalue weighted by Gasteiger charge is 2.31. The lowest BCUT2D eigenvalue weighted by atomic mass is 10.3. The second-order valence-electron chi connectivity index (χ2n) is 4.97. The molecule has 0 bridgehead atoms. The summed E-state index contributed by atoms with van der Waals surface area (Å²) < 4.78 is 1.59. The van der Waals surface area contributed by atoms with Crippen LogP contribution in [0.2, 0.25) is 0 Å². The average Bonchev–Trinajstić information content (AvgIpc) is 2.96. The molecule has 1 aliphatic rings. The molecule has 0 aliphatic heterocycles. The highest BCUT2D eigenvalue weighted by molar-refractivity contribution is 7.16. The quantitative estimate of drug-likeness (QED) is 0.907. The number of rotatable bonds is 4. The number of thiazole rings is 1. The SMILES string of the molecule is CC(N)c1ncnn1-c1ncc(C(=O)N(C)C2CC2)s1. The van der Waals surface area contributed by atoms with Crippen LogP contribution < -0.4 is 5.73 Å². The summed E-state index contributed by atoms with van der Waals surface area (Å²) in [6.45, 7) is 1.83. The zero-order valence-electron chi connectivity index (χ0n) is 11.4. The van der Waals surface area contributed by atoms with Crippen molar-refractivity contribution in [3.63, 3.8) is 0 Å². The van der Waals surface area contributed by atoms with Crippen molar-refractivity contribution < 1.29 is 4.79 Å². The van der Waals surface area contributed by atoms with Gasteiger partial charge < -0.3 is 10.6 Å². The molecule has 2 aromatic rings. The molecule has 1 amide bonds. The van der Waals surface area contributed by atoms with Gasteiger partial charge in [-0.2, -0.15) is 9.78 Å². The molecule has 8 heteroatoms. The highest BCUT2D eigenvalue weighted by atomic mass is 32.1. The van der Waals surface area contributed by atoms with E-state index in [0.717, 1.165) is 12.8 Å². The van der Waals surface area contributed by atoms with E-state index in [2.05, 4.69) is 15.1 Å². The number of hydrogen-bond donors (Lipinski definition) is 1. The first-order valence-corrected chi connectivity index (χ1v) is 7.28. The monoisotopic (exact) mass is 292 g/mol. The fraction of sp³-hybridized carbons (Fsp3) is 0.500. The van der Waals surface area contributed by atoms with E-state index < -0.39 is 0 Å². The first-order valence-electron chi connectivity index (χ1n) is 6.46. The smallest absolute Gasteiger partial charge is 0.265 e. The Labute approximate surface area is 120 Å². The van der Waals surface area contributed by atoms with E-state index in [9.17, 15) is 4.79 Å². The third-order valence-corrected chi connectivity index (χ3v) is 4.24. The van der Waals surface area contributed by atoms with E-state index in [1.54, 1.807) is 15.8 Å². The van der Waals surface area contributed by atoms with E-state index >= 15 is 0 Å². The molecule has 1 saturated carbocycles. The van der Waals surface area contributed by atoms with Crippen molar-refractivity contribution in [2.24, 2.45) is 5.73 Å². The van der Waals surface area contributed by atoms with Crippen LogP contribution in [0.4, 0.5) is 0 Å². The van der Waals surface area contributed by atoms with Crippen molar-refractivity contribution in [3.8, 4) is 5.13 Å². The Bertz CT molecular complexity index is 629. The summed E-state index contributed by atoms with van der Waals surface area (Å²) in [5, 5.41) is 4.73. The number of nitrogens with two attached hydrogens (primary N) is 1. The standard InChI is InChI=1S/C12H16N6OS/c1-7(13)10-15-6-16-18(10)12-14-5-9(20-12)11(19)17(2)8-3-4-8/h5-8H,3-4,13H2,1-2H3. The maximum atomic E-state index is 12.3. The minimum absolute atomic E-state index is 0.0127. The molecule has 1 aliphatic carbocycles. The normalized spacial score (nSPS) is 16.1. The van der Waals surface area contributed by atoms with Crippen molar-refractivity contribution >= 4 is 17.2 Å². The Kier molecular flexibility index (Phi) is 3.27. The molecule has 2 N–H and O–H groups in total. The van der Waals surface area contributed by atoms with Crippen LogP contribution in [-0.4, -0.2) is 43.6 Å². The lowest BCUT2D eigenvalue weighted by molar-refractivity contribution is 0.0789. The van der Waals surface area contributed by atoms with Gasteiger partial charge in [0.25, 0.3) is 5.91 Å². The Balaban J connectivity index is 1.86. The van der Waals surface area contributed by atoms with Gasteiger partial charge in [0.05, 0.1) is 12.2 Å². The fourth-order valence-electron chi connectivity index (χ4n) is 1.97. The number of amides is 1. The summed E-state index contributed by atoms with van der Waals surface area (Å²) in [4.78, 5) is 23.0. The molecular formula is C12H16N6OS. The van der Waals surface area contributed by atoms with E-state index in [-0.39, 0.29) is 11.9 Å². The van der Waals surface area contributed by atoms with Crippen LogP contribution in [-0.2, 0) is 0 Å². The van der Waals surface area contributed by atoms with Gasteiger partial charge in [-0.15, -0.1) is 0 Å². The number of carbonyl (C=O) groups excluding carboxylic acids is 1. The van der Waals surface area contributed by atoms with E-state index in [0.29, 0.717) is 21.9 Å². The van der Waals surface area contributed by atoms with Crippen LogP contribution in [0.15, 0.2) is 12.5 Å². The molecule has 3 rings (SSSR count). The van der Waals surface area contributed by atoms with Crippen LogP contribution in [0.1, 0.15) is 41.3 Å². The summed E-state index contributed by atoms with van der Waals surface area (Å²) in [5.41, 5.74) is 5.84. The van der Waals surface area contributed by atoms with Gasteiger partial charge in [0.2, 0.25) is 5.13 Å². The molecule has 1 unspecified atom stereocenters. The van der Waals surface area contributed by atoms with Crippen LogP contribution in [0, 0.1) is 0 Å². The molecule has 0 radical (unpaired) electrons. The van der Waals surface area contributed by atoms with Crippen LogP contribution in [0.5, 0.6) is 0 Å². The number of nitrogens with zero attached hydrogens (tertiary/aromatic N) is 5. The Morgan fingerprint density at radius 3 is 2.95 bits per heavy atom. The van der Waals surface area contributed by atoms with Crippen molar-refractivity contribution in [1.82, 2.24) is 24.6 Å². The van der Waals surface area contributed by atoms with E-state index in [1.807, 2.05) is 14.0 Å². The summed E-state index contributed by atoms with van der Waals surface area (Å²) >= 11 is 1.31. The summed E-state index contributed by atoms with van der Waals surface area (Å²) in [6, 6.07) is 0.147. The third-order valence-electron chi connectivity index (χ3n) is 3.28. The first kappa shape index (κ1) is 13.2. The van der Waals surface area contributed by atoms with Gasteiger partial charge in [0.15, 0.2) is 5.82 Å². The maximum Gasteiger partial charge on any atom is 0.265 e. The summed E-state index contributed by atoms with van der Waals surface area (Å²) in [6.07, 6.45) is 5.21. The molecule has 20 heavy (non-hydrogen) atoms. The molecule has 1 fully saturated rings. The van der Waals surface area contributed by atoms with Crippen molar-refractivity contribution in [1.29, 1.82) is 0 Å². The average molecular weight is 292 g/mol. The van der Waals surface area contributed by atoms with Gasteiger partial charge in [0.1, 0.15) is 11.2 Å². The van der Waals surface area contributed by atoms with Gasteiger partial charge in [0, 0.05) is 13.1 Å². The minimum Gasteiger partial charge on any atom is -0.338 e. The summed E-state index contributed by atoms with van der Waals surface area (Å²) in [5.74, 6) is 0.646. The Hall–Kier alpha value is -1.80. The number of hydrogen-bond acceptors (Lipinski definition) is 6. The largest absolute Gasteiger partial charge is 0.338 e. The molecule has 2 heterocycles. The molecule has 106 valence electrons. The molecule has 1 atom stereocenters. The van der Waals surface area contributed by atoms with Gasteiger partial charge in [-0.25, -0.2) is 9.97 Å². The van der Waals surface area contributed by atoms with Crippen LogP contribution in [0.25, 0.3) is 5.13 Å². The third kappa shape index (κ3) is 2.32. The lowest BCUT2D eigenvalue weighted by Crippen LogP contribution is -2.27. The fourth-order valence-corrected chi connectivity index (χ4v) is 2.84. The van der Waals surface area contributed by atoms with Gasteiger partial charge in [-0.05, 0) is 19.8 Å². The lowest BCUT2D eigenvalue weighted by Gasteiger charge is -2.14. The zero-order valence-corrected chi connectivity index (χ0v) is 12.2. The molecule has 0 saturated heterocycles. The predicted molar refractivity (Wildman–Crippen MR) is 74.7 cm³/mol. The Morgan fingerprint density at radius 1 is 1.55 bits per heavy atom. The molecule has 0 spiro atoms. The minimum atomic E-state index is -0.241. The van der Waals surface area contributed by atoms with Gasteiger partial charge in [-0.1, -0.05) is 11.3 Å². The first-order chi connectivity index (χ1) is 9.58. The van der Waals surface area contributed by atoms with Gasteiger partial charge >= 0.3 is 0 Å². The van der Waals surface area contributed by atoms with E-state index in [4.69, 9.17) is 5.73 Å². The predicted octanol–water partition coefficient (Wildman–Crippen LogP) is 0.978. The molecule has 0 aromatic carbocycles. The van der Waals surface area contributed by atoms with E-state index in [1.165, 1.54) is 17.7 Å². The maximum absolute atomic E-state index is 12.3. The summed E-state index contributed by atoms with van der Waals surface area (Å²) in [7, 11) is 1.84. The van der Waals surface area contributed by atoms with Crippen LogP contribution >= 0.6 is 11.3 Å². The van der Waals surface area contributed by atoms with Crippen LogP contribution in [0.3, 0.4) is 0 Å². The molecular weight excluding hydrogens is 276 g/mol. The second-order valence-corrected chi connectivity index (χ2v) is 5.98. The highest BCUT2D eigenvalue weighted by Crippen LogP contribution is 2.28. The number of aromatic nitrogens is 4. The molecule has 7 nitrogen and oxygen atoms in total. The van der Waals surface area contributed by atoms with Crippen molar-refractivity contribution in [2.75, 3.05) is 7.05 Å².